The molecule has 1 unspecified atom stereocenters. The minimum Gasteiger partial charge on any atom is -0.379 e. The van der Waals surface area contributed by atoms with Crippen molar-refractivity contribution in [2.24, 2.45) is 0 Å². The van der Waals surface area contributed by atoms with E-state index in [4.69, 9.17) is 4.74 Å². The van der Waals surface area contributed by atoms with Gasteiger partial charge in [0.15, 0.2) is 0 Å². The van der Waals surface area contributed by atoms with Gasteiger partial charge in [0.2, 0.25) is 17.7 Å². The van der Waals surface area contributed by atoms with Crippen molar-refractivity contribution in [3.05, 3.63) is 0 Å². The summed E-state index contributed by atoms with van der Waals surface area (Å²) >= 11 is 1.35. The molecule has 0 aromatic rings. The van der Waals surface area contributed by atoms with Crippen molar-refractivity contribution < 1.29 is 23.9 Å². The molecule has 0 aliphatic carbocycles. The summed E-state index contributed by atoms with van der Waals surface area (Å²) in [5.41, 5.74) is 0. The second-order valence-corrected chi connectivity index (χ2v) is 6.21. The fraction of sp³-hybridized carbons (Fsp3) is 0.733. The van der Waals surface area contributed by atoms with Crippen LogP contribution in [0.5, 0.6) is 0 Å². The number of imide groups is 1. The molecule has 0 aromatic heterocycles. The first kappa shape index (κ1) is 19.6. The van der Waals surface area contributed by atoms with Gasteiger partial charge in [0, 0.05) is 38.8 Å². The zero-order chi connectivity index (χ0) is 17.2. The Bertz CT molecular complexity index is 455. The lowest BCUT2D eigenvalue weighted by Crippen LogP contribution is -2.36. The molecule has 0 spiro atoms. The van der Waals surface area contributed by atoms with Gasteiger partial charge in [-0.15, -0.1) is 0 Å². The van der Waals surface area contributed by atoms with E-state index in [0.717, 1.165) is 4.90 Å². The van der Waals surface area contributed by atoms with Gasteiger partial charge < -0.3 is 10.1 Å². The monoisotopic (exact) mass is 344 g/mol. The number of carbonyl (C=O) groups excluding carboxylic acids is 4. The Morgan fingerprint density at radius 3 is 2.65 bits per heavy atom. The largest absolute Gasteiger partial charge is 0.379 e. The lowest BCUT2D eigenvalue weighted by molar-refractivity contribution is -0.138. The Labute approximate surface area is 140 Å². The Hall–Kier alpha value is -1.41. The highest BCUT2D eigenvalue weighted by Gasteiger charge is 2.37. The van der Waals surface area contributed by atoms with Crippen LogP contribution in [0.3, 0.4) is 0 Å². The Balaban J connectivity index is 2.12. The maximum atomic E-state index is 11.9. The average Bonchev–Trinajstić information content (AvgIpc) is 2.82. The molecule has 8 heteroatoms. The zero-order valence-corrected chi connectivity index (χ0v) is 14.4. The molecule has 0 saturated carbocycles. The number of ketones is 1. The highest BCUT2D eigenvalue weighted by molar-refractivity contribution is 8.00. The van der Waals surface area contributed by atoms with Gasteiger partial charge in [0.05, 0.1) is 18.5 Å². The van der Waals surface area contributed by atoms with Crippen molar-refractivity contribution in [3.8, 4) is 0 Å². The molecule has 0 radical (unpaired) electrons. The van der Waals surface area contributed by atoms with Gasteiger partial charge in [0.25, 0.3) is 0 Å². The Kier molecular flexibility index (Phi) is 8.86. The van der Waals surface area contributed by atoms with Gasteiger partial charge in [-0.1, -0.05) is 6.92 Å². The van der Waals surface area contributed by atoms with Crippen molar-refractivity contribution >= 4 is 35.3 Å². The van der Waals surface area contributed by atoms with E-state index < -0.39 is 0 Å². The SMILES string of the molecule is CCC(=O)CCOCCNC(=O)CCN1C(=O)CC(SC)C1=O. The molecule has 1 heterocycles. The molecule has 7 nitrogen and oxygen atoms in total. The number of hydrogen-bond acceptors (Lipinski definition) is 6. The molecule has 1 N–H and O–H groups in total. The van der Waals surface area contributed by atoms with Gasteiger partial charge in [-0.25, -0.2) is 0 Å². The summed E-state index contributed by atoms with van der Waals surface area (Å²) < 4.78 is 5.24. The summed E-state index contributed by atoms with van der Waals surface area (Å²) in [7, 11) is 0. The number of rotatable bonds is 11. The number of amides is 3. The minimum absolute atomic E-state index is 0.0902. The van der Waals surface area contributed by atoms with Crippen LogP contribution in [0.15, 0.2) is 0 Å². The lowest BCUT2D eigenvalue weighted by Gasteiger charge is -2.14. The summed E-state index contributed by atoms with van der Waals surface area (Å²) in [5.74, 6) is -0.505. The zero-order valence-electron chi connectivity index (χ0n) is 13.6. The van der Waals surface area contributed by atoms with Crippen LogP contribution < -0.4 is 5.32 Å². The first-order chi connectivity index (χ1) is 11.0. The summed E-state index contributed by atoms with van der Waals surface area (Å²) in [6.45, 7) is 2.95. The van der Waals surface area contributed by atoms with E-state index >= 15 is 0 Å². The van der Waals surface area contributed by atoms with Gasteiger partial charge in [-0.2, -0.15) is 11.8 Å². The molecule has 130 valence electrons. The highest BCUT2D eigenvalue weighted by Crippen LogP contribution is 2.22. The van der Waals surface area contributed by atoms with Crippen LogP contribution in [0.2, 0.25) is 0 Å². The third-order valence-corrected chi connectivity index (χ3v) is 4.48. The molecule has 1 fully saturated rings. The van der Waals surface area contributed by atoms with Crippen molar-refractivity contribution in [1.82, 2.24) is 10.2 Å². The maximum Gasteiger partial charge on any atom is 0.242 e. The van der Waals surface area contributed by atoms with Crippen LogP contribution in [0.25, 0.3) is 0 Å². The molecule has 0 bridgehead atoms. The first-order valence-electron chi connectivity index (χ1n) is 7.72. The fourth-order valence-corrected chi connectivity index (χ4v) is 2.74. The van der Waals surface area contributed by atoms with Gasteiger partial charge in [-0.3, -0.25) is 24.1 Å². The average molecular weight is 344 g/mol. The van der Waals surface area contributed by atoms with Gasteiger partial charge in [0.1, 0.15) is 5.78 Å². The number of Topliss-reactive ketones (excluding diaryl/α,β-unsaturated/α-hetero) is 1. The predicted octanol–water partition coefficient (Wildman–Crippen LogP) is 0.369. The predicted molar refractivity (Wildman–Crippen MR) is 87.0 cm³/mol. The second-order valence-electron chi connectivity index (χ2n) is 5.17. The van der Waals surface area contributed by atoms with Crippen molar-refractivity contribution in [1.29, 1.82) is 0 Å². The van der Waals surface area contributed by atoms with E-state index in [1.165, 1.54) is 11.8 Å². The smallest absolute Gasteiger partial charge is 0.242 e. The fourth-order valence-electron chi connectivity index (χ4n) is 2.10. The molecule has 0 aromatic carbocycles. The second kappa shape index (κ2) is 10.4. The molecule has 1 aliphatic heterocycles. The number of likely N-dealkylation sites (tertiary alicyclic amines) is 1. The number of ether oxygens (including phenoxy) is 1. The summed E-state index contributed by atoms with van der Waals surface area (Å²) in [6.07, 6.45) is 2.99. The number of nitrogens with zero attached hydrogens (tertiary/aromatic N) is 1. The molecule has 1 saturated heterocycles. The van der Waals surface area contributed by atoms with Crippen LogP contribution in [-0.2, 0) is 23.9 Å². The number of thioether (sulfide) groups is 1. The maximum absolute atomic E-state index is 11.9. The third kappa shape index (κ3) is 6.70. The van der Waals surface area contributed by atoms with Crippen LogP contribution in [-0.4, -0.2) is 66.2 Å². The molecule has 3 amide bonds. The van der Waals surface area contributed by atoms with E-state index in [-0.39, 0.29) is 48.1 Å². The molecule has 23 heavy (non-hydrogen) atoms. The van der Waals surface area contributed by atoms with E-state index in [1.807, 2.05) is 0 Å². The van der Waals surface area contributed by atoms with Gasteiger partial charge in [-0.05, 0) is 6.26 Å². The lowest BCUT2D eigenvalue weighted by atomic mass is 10.2. The molecular formula is C15H24N2O5S. The summed E-state index contributed by atoms with van der Waals surface area (Å²) in [6, 6.07) is 0. The van der Waals surface area contributed by atoms with Crippen molar-refractivity contribution in [2.45, 2.75) is 37.9 Å². The summed E-state index contributed by atoms with van der Waals surface area (Å²) in [4.78, 5) is 47.5. The van der Waals surface area contributed by atoms with Crippen molar-refractivity contribution in [3.63, 3.8) is 0 Å². The molecular weight excluding hydrogens is 320 g/mol. The Morgan fingerprint density at radius 2 is 2.04 bits per heavy atom. The first-order valence-corrected chi connectivity index (χ1v) is 9.01. The summed E-state index contributed by atoms with van der Waals surface area (Å²) in [5, 5.41) is 2.35. The van der Waals surface area contributed by atoms with Crippen LogP contribution >= 0.6 is 11.8 Å². The van der Waals surface area contributed by atoms with E-state index in [0.29, 0.717) is 32.6 Å². The topological polar surface area (TPSA) is 92.8 Å². The molecule has 1 rings (SSSR count). The quantitative estimate of drug-likeness (QED) is 0.430. The van der Waals surface area contributed by atoms with Crippen molar-refractivity contribution in [2.75, 3.05) is 32.6 Å². The third-order valence-electron chi connectivity index (χ3n) is 3.54. The number of nitrogens with one attached hydrogen (secondary N) is 1. The van der Waals surface area contributed by atoms with Crippen LogP contribution in [0.4, 0.5) is 0 Å². The number of hydrogen-bond donors (Lipinski definition) is 1. The molecule has 1 atom stereocenters. The van der Waals surface area contributed by atoms with Crippen LogP contribution in [0.1, 0.15) is 32.6 Å². The highest BCUT2D eigenvalue weighted by atomic mass is 32.2. The van der Waals surface area contributed by atoms with E-state index in [1.54, 1.807) is 13.2 Å². The van der Waals surface area contributed by atoms with Gasteiger partial charge >= 0.3 is 0 Å². The normalized spacial score (nSPS) is 17.7. The Morgan fingerprint density at radius 1 is 1.30 bits per heavy atom. The standard InChI is InChI=1S/C15H24N2O5S/c1-3-11(18)5-8-22-9-6-16-13(19)4-7-17-14(20)10-12(23-2)15(17)21/h12H,3-10H2,1-2H3,(H,16,19). The van der Waals surface area contributed by atoms with E-state index in [2.05, 4.69) is 5.32 Å². The number of carbonyl (C=O) groups is 4. The van der Waals surface area contributed by atoms with E-state index in [9.17, 15) is 19.2 Å². The molecule has 1 aliphatic rings. The van der Waals surface area contributed by atoms with Crippen LogP contribution in [0, 0.1) is 0 Å². The minimum atomic E-state index is -0.315.